The molecule has 5 aromatic rings. The van der Waals surface area contributed by atoms with Crippen molar-refractivity contribution in [3.05, 3.63) is 53.9 Å². The van der Waals surface area contributed by atoms with Crippen LogP contribution in [0.15, 0.2) is 48.9 Å². The van der Waals surface area contributed by atoms with Gasteiger partial charge in [0.25, 0.3) is 0 Å². The molecule has 0 unspecified atom stereocenters. The first kappa shape index (κ1) is 35.3. The molecule has 6 heterocycles. The van der Waals surface area contributed by atoms with Crippen molar-refractivity contribution in [2.75, 3.05) is 51.3 Å². The number of nitrogens with zero attached hydrogens (tertiary/aromatic N) is 9. The van der Waals surface area contributed by atoms with Crippen LogP contribution in [0.5, 0.6) is 11.5 Å². The maximum absolute atomic E-state index is 14.1. The number of aromatic nitrogens is 7. The first-order valence-corrected chi connectivity index (χ1v) is 18.5. The SMILES string of the molecule is CCCN(C(=O)[C@@H]1CCN(CC(=O)N2CC=C(c3ncc(-c4ncn(C)n4)s3)CC2)C1)c1ccc2[nH]nc(-c3ccc(OC(C)C)c(OC)c3)c2n1. The third-order valence-electron chi connectivity index (χ3n) is 9.33. The molecule has 2 amide bonds. The Morgan fingerprint density at radius 3 is 2.73 bits per heavy atom. The Morgan fingerprint density at radius 1 is 1.13 bits per heavy atom. The van der Waals surface area contributed by atoms with E-state index in [2.05, 4.69) is 43.2 Å². The lowest BCUT2D eigenvalue weighted by atomic mass is 10.1. The second-order valence-electron chi connectivity index (χ2n) is 13.5. The molecule has 0 bridgehead atoms. The lowest BCUT2D eigenvalue weighted by Gasteiger charge is -2.28. The fourth-order valence-corrected chi connectivity index (χ4v) is 7.65. The molecule has 2 aliphatic rings. The van der Waals surface area contributed by atoms with Gasteiger partial charge < -0.3 is 14.4 Å². The number of anilines is 1. The second kappa shape index (κ2) is 15.2. The quantitative estimate of drug-likeness (QED) is 0.185. The minimum absolute atomic E-state index is 0.00628. The van der Waals surface area contributed by atoms with Crippen molar-refractivity contribution in [3.8, 4) is 33.5 Å². The largest absolute Gasteiger partial charge is 0.493 e. The summed E-state index contributed by atoms with van der Waals surface area (Å²) in [6.45, 7) is 9.22. The zero-order valence-electron chi connectivity index (χ0n) is 30.2. The summed E-state index contributed by atoms with van der Waals surface area (Å²) in [6, 6.07) is 9.49. The number of rotatable bonds is 12. The summed E-state index contributed by atoms with van der Waals surface area (Å²) >= 11 is 1.57. The number of aryl methyl sites for hydroxylation is 1. The number of methoxy groups -OCH3 is 1. The molecule has 15 heteroatoms. The number of H-pyrrole nitrogens is 1. The standard InChI is InChI=1S/C37H44N10O4S/c1-6-14-47(31-10-8-27-34(40-31)33(42-41-27)25-7-9-28(51-23(2)3)29(18-25)50-5)37(49)26-11-15-45(20-26)21-32(48)46-16-12-24(13-17-46)36-38-19-30(52-36)35-39-22-44(4)43-35/h7-10,12,18-19,22-23,26H,6,11,13-17,20-21H2,1-5H3,(H,41,42)/t26-/m1/s1. The summed E-state index contributed by atoms with van der Waals surface area (Å²) in [5.41, 5.74) is 4.07. The average Bonchev–Trinajstić information content (AvgIpc) is 3.97. The van der Waals surface area contributed by atoms with Gasteiger partial charge in [0.1, 0.15) is 28.4 Å². The molecule has 2 aliphatic heterocycles. The monoisotopic (exact) mass is 724 g/mol. The van der Waals surface area contributed by atoms with Crippen LogP contribution in [0.3, 0.4) is 0 Å². The van der Waals surface area contributed by atoms with Gasteiger partial charge in [0.2, 0.25) is 11.8 Å². The molecule has 7 rings (SSSR count). The summed E-state index contributed by atoms with van der Waals surface area (Å²) in [4.78, 5) is 48.0. The fraction of sp³-hybridized carbons (Fsp3) is 0.432. The summed E-state index contributed by atoms with van der Waals surface area (Å²) in [6.07, 6.45) is 7.80. The van der Waals surface area contributed by atoms with Gasteiger partial charge in [-0.1, -0.05) is 13.0 Å². The van der Waals surface area contributed by atoms with Crippen LogP contribution >= 0.6 is 11.3 Å². The minimum Gasteiger partial charge on any atom is -0.493 e. The number of ether oxygens (including phenoxy) is 2. The van der Waals surface area contributed by atoms with Crippen LogP contribution in [0, 0.1) is 5.92 Å². The normalized spacial score (nSPS) is 16.5. The minimum atomic E-state index is -0.223. The Bertz CT molecular complexity index is 2100. The van der Waals surface area contributed by atoms with Gasteiger partial charge in [0, 0.05) is 45.0 Å². The van der Waals surface area contributed by atoms with E-state index in [4.69, 9.17) is 14.5 Å². The Hall–Kier alpha value is -5.15. The third kappa shape index (κ3) is 7.41. The maximum atomic E-state index is 14.1. The molecule has 0 saturated carbocycles. The van der Waals surface area contributed by atoms with E-state index in [1.165, 1.54) is 0 Å². The predicted octanol–water partition coefficient (Wildman–Crippen LogP) is 5.05. The van der Waals surface area contributed by atoms with Crippen molar-refractivity contribution < 1.29 is 19.1 Å². The van der Waals surface area contributed by atoms with Gasteiger partial charge >= 0.3 is 0 Å². The van der Waals surface area contributed by atoms with Crippen molar-refractivity contribution in [2.45, 2.75) is 46.1 Å². The lowest BCUT2D eigenvalue weighted by molar-refractivity contribution is -0.132. The molecule has 272 valence electrons. The zero-order chi connectivity index (χ0) is 36.4. The second-order valence-corrected chi connectivity index (χ2v) is 14.5. The highest BCUT2D eigenvalue weighted by Gasteiger charge is 2.34. The molecule has 14 nitrogen and oxygen atoms in total. The molecule has 1 fully saturated rings. The molecule has 0 spiro atoms. The molecule has 0 radical (unpaired) electrons. The molecular weight excluding hydrogens is 681 g/mol. The van der Waals surface area contributed by atoms with Gasteiger partial charge in [-0.25, -0.2) is 15.0 Å². The van der Waals surface area contributed by atoms with Gasteiger partial charge in [-0.3, -0.25) is 29.2 Å². The highest BCUT2D eigenvalue weighted by Crippen LogP contribution is 2.36. The number of amides is 2. The number of nitrogens with one attached hydrogen (secondary N) is 1. The van der Waals surface area contributed by atoms with E-state index in [1.807, 2.05) is 62.3 Å². The van der Waals surface area contributed by atoms with Gasteiger partial charge in [0.05, 0.1) is 36.1 Å². The smallest absolute Gasteiger partial charge is 0.237 e. The molecular formula is C37H44N10O4S. The average molecular weight is 725 g/mol. The summed E-state index contributed by atoms with van der Waals surface area (Å²) in [5, 5.41) is 13.0. The number of fused-ring (bicyclic) bond motifs is 1. The van der Waals surface area contributed by atoms with Crippen LogP contribution in [-0.2, 0) is 16.6 Å². The first-order chi connectivity index (χ1) is 25.2. The van der Waals surface area contributed by atoms with Crippen LogP contribution in [0.4, 0.5) is 5.82 Å². The number of aromatic amines is 1. The molecule has 1 N–H and O–H groups in total. The zero-order valence-corrected chi connectivity index (χ0v) is 31.0. The molecule has 1 atom stereocenters. The van der Waals surface area contributed by atoms with Crippen molar-refractivity contribution in [3.63, 3.8) is 0 Å². The molecule has 1 saturated heterocycles. The number of carbonyl (C=O) groups is 2. The predicted molar refractivity (Wildman–Crippen MR) is 200 cm³/mol. The van der Waals surface area contributed by atoms with Crippen LogP contribution in [0.2, 0.25) is 0 Å². The van der Waals surface area contributed by atoms with E-state index >= 15 is 0 Å². The van der Waals surface area contributed by atoms with Crippen LogP contribution in [0.1, 0.15) is 45.0 Å². The van der Waals surface area contributed by atoms with E-state index in [9.17, 15) is 9.59 Å². The number of thiazole rings is 1. The number of hydrogen-bond acceptors (Lipinski definition) is 11. The van der Waals surface area contributed by atoms with E-state index in [-0.39, 0.29) is 23.8 Å². The molecule has 0 aliphatic carbocycles. The number of pyridine rings is 1. The van der Waals surface area contributed by atoms with E-state index in [0.29, 0.717) is 80.0 Å². The molecule has 52 heavy (non-hydrogen) atoms. The van der Waals surface area contributed by atoms with Crippen LogP contribution in [0.25, 0.3) is 38.6 Å². The van der Waals surface area contributed by atoms with Gasteiger partial charge in [-0.05, 0) is 75.6 Å². The number of hydrogen-bond donors (Lipinski definition) is 1. The maximum Gasteiger partial charge on any atom is 0.237 e. The van der Waals surface area contributed by atoms with Gasteiger partial charge in [-0.2, -0.15) is 10.2 Å². The van der Waals surface area contributed by atoms with E-state index in [1.54, 1.807) is 34.4 Å². The van der Waals surface area contributed by atoms with Crippen molar-refractivity contribution in [1.29, 1.82) is 0 Å². The third-order valence-corrected chi connectivity index (χ3v) is 10.4. The molecule has 1 aromatic carbocycles. The topological polar surface area (TPSA) is 147 Å². The Labute approximate surface area is 306 Å². The Balaban J connectivity index is 0.990. The van der Waals surface area contributed by atoms with Gasteiger partial charge in [-0.15, -0.1) is 11.3 Å². The summed E-state index contributed by atoms with van der Waals surface area (Å²) in [7, 11) is 3.46. The lowest BCUT2D eigenvalue weighted by Crippen LogP contribution is -2.42. The Kier molecular flexibility index (Phi) is 10.3. The number of benzene rings is 1. The van der Waals surface area contributed by atoms with Crippen molar-refractivity contribution in [2.24, 2.45) is 13.0 Å². The fourth-order valence-electron chi connectivity index (χ4n) is 6.73. The Morgan fingerprint density at radius 2 is 2.00 bits per heavy atom. The van der Waals surface area contributed by atoms with Crippen LogP contribution < -0.4 is 14.4 Å². The summed E-state index contributed by atoms with van der Waals surface area (Å²) in [5.74, 6) is 2.40. The number of carbonyl (C=O) groups excluding carboxylic acids is 2. The first-order valence-electron chi connectivity index (χ1n) is 17.7. The van der Waals surface area contributed by atoms with E-state index < -0.39 is 0 Å². The van der Waals surface area contributed by atoms with Crippen molar-refractivity contribution in [1.82, 2.24) is 44.7 Å². The summed E-state index contributed by atoms with van der Waals surface area (Å²) < 4.78 is 13.2. The highest BCUT2D eigenvalue weighted by atomic mass is 32.1. The highest BCUT2D eigenvalue weighted by molar-refractivity contribution is 7.16. The van der Waals surface area contributed by atoms with Gasteiger partial charge in [0.15, 0.2) is 17.3 Å². The van der Waals surface area contributed by atoms with Crippen molar-refractivity contribution >= 4 is 45.6 Å². The van der Waals surface area contributed by atoms with Crippen LogP contribution in [-0.4, -0.2) is 109 Å². The number of likely N-dealkylation sites (tertiary alicyclic amines) is 1. The molecule has 4 aromatic heterocycles. The van der Waals surface area contributed by atoms with E-state index in [0.717, 1.165) is 39.4 Å².